The fourth-order valence-electron chi connectivity index (χ4n) is 2.48. The lowest BCUT2D eigenvalue weighted by atomic mass is 9.83. The van der Waals surface area contributed by atoms with Crippen LogP contribution in [0, 0.1) is 11.8 Å². The highest BCUT2D eigenvalue weighted by atomic mass is 16.5. The van der Waals surface area contributed by atoms with Crippen molar-refractivity contribution in [1.82, 2.24) is 9.97 Å². The average Bonchev–Trinajstić information content (AvgIpc) is 2.32. The molecule has 1 aliphatic rings. The summed E-state index contributed by atoms with van der Waals surface area (Å²) >= 11 is 0. The molecule has 2 unspecified atom stereocenters. The number of hydrogen-bond acceptors (Lipinski definition) is 4. The van der Waals surface area contributed by atoms with Gasteiger partial charge in [-0.2, -0.15) is 0 Å². The summed E-state index contributed by atoms with van der Waals surface area (Å²) in [4.78, 5) is 8.16. The maximum absolute atomic E-state index is 5.70. The molecule has 17 heavy (non-hydrogen) atoms. The molecular formula is C13H21N3O. The molecule has 0 aliphatic heterocycles. The predicted octanol–water partition coefficient (Wildman–Crippen LogP) is 2.40. The number of rotatable bonds is 4. The van der Waals surface area contributed by atoms with E-state index in [4.69, 9.17) is 10.5 Å². The summed E-state index contributed by atoms with van der Waals surface area (Å²) in [5.74, 6) is 2.03. The Balaban J connectivity index is 1.70. The van der Waals surface area contributed by atoms with Crippen LogP contribution in [-0.2, 0) is 11.3 Å². The van der Waals surface area contributed by atoms with E-state index in [1.54, 1.807) is 12.4 Å². The van der Waals surface area contributed by atoms with Crippen molar-refractivity contribution in [2.24, 2.45) is 11.8 Å². The van der Waals surface area contributed by atoms with Gasteiger partial charge in [-0.25, -0.2) is 4.98 Å². The van der Waals surface area contributed by atoms with Crippen LogP contribution in [0.5, 0.6) is 0 Å². The van der Waals surface area contributed by atoms with E-state index in [0.717, 1.165) is 24.1 Å². The maximum atomic E-state index is 5.70. The molecule has 0 amide bonds. The lowest BCUT2D eigenvalue weighted by Crippen LogP contribution is -2.18. The molecule has 1 aliphatic carbocycles. The SMILES string of the molecule is CC1CCCC(COCc2cnc(N)cn2)C1. The molecule has 94 valence electrons. The van der Waals surface area contributed by atoms with Crippen LogP contribution in [0.4, 0.5) is 5.82 Å². The van der Waals surface area contributed by atoms with E-state index in [1.807, 2.05) is 0 Å². The van der Waals surface area contributed by atoms with Crippen molar-refractivity contribution in [3.63, 3.8) is 0 Å². The van der Waals surface area contributed by atoms with Crippen molar-refractivity contribution >= 4 is 5.82 Å². The average molecular weight is 235 g/mol. The molecule has 4 heteroatoms. The number of nitrogens with two attached hydrogens (primary N) is 1. The summed E-state index contributed by atoms with van der Waals surface area (Å²) in [5.41, 5.74) is 6.32. The molecule has 0 radical (unpaired) electrons. The first-order chi connectivity index (χ1) is 8.24. The zero-order valence-corrected chi connectivity index (χ0v) is 10.4. The largest absolute Gasteiger partial charge is 0.382 e. The number of hydrogen-bond donors (Lipinski definition) is 1. The Bertz CT molecular complexity index is 339. The van der Waals surface area contributed by atoms with Crippen LogP contribution in [0.1, 0.15) is 38.3 Å². The van der Waals surface area contributed by atoms with Crippen molar-refractivity contribution in [2.75, 3.05) is 12.3 Å². The predicted molar refractivity (Wildman–Crippen MR) is 67.2 cm³/mol. The number of nitrogen functional groups attached to an aromatic ring is 1. The molecule has 4 nitrogen and oxygen atoms in total. The van der Waals surface area contributed by atoms with Gasteiger partial charge < -0.3 is 10.5 Å². The van der Waals surface area contributed by atoms with Crippen molar-refractivity contribution in [3.05, 3.63) is 18.1 Å². The van der Waals surface area contributed by atoms with Crippen LogP contribution in [0.25, 0.3) is 0 Å². The van der Waals surface area contributed by atoms with Gasteiger partial charge in [0.1, 0.15) is 5.82 Å². The highest BCUT2D eigenvalue weighted by Gasteiger charge is 2.18. The minimum Gasteiger partial charge on any atom is -0.382 e. The van der Waals surface area contributed by atoms with Gasteiger partial charge in [0.05, 0.1) is 24.7 Å². The third-order valence-corrected chi connectivity index (χ3v) is 3.37. The van der Waals surface area contributed by atoms with Crippen LogP contribution in [0.3, 0.4) is 0 Å². The Hall–Kier alpha value is -1.16. The van der Waals surface area contributed by atoms with E-state index in [1.165, 1.54) is 25.7 Å². The van der Waals surface area contributed by atoms with Gasteiger partial charge in [0, 0.05) is 6.61 Å². The Morgan fingerprint density at radius 3 is 2.94 bits per heavy atom. The summed E-state index contributed by atoms with van der Waals surface area (Å²) < 4.78 is 5.70. The monoisotopic (exact) mass is 235 g/mol. The molecule has 0 spiro atoms. The normalized spacial score (nSPS) is 24.8. The van der Waals surface area contributed by atoms with E-state index in [9.17, 15) is 0 Å². The van der Waals surface area contributed by atoms with Crippen molar-refractivity contribution in [3.8, 4) is 0 Å². The van der Waals surface area contributed by atoms with Crippen LogP contribution < -0.4 is 5.73 Å². The summed E-state index contributed by atoms with van der Waals surface area (Å²) in [5, 5.41) is 0. The Kier molecular flexibility index (Phi) is 4.31. The fraction of sp³-hybridized carbons (Fsp3) is 0.692. The van der Waals surface area contributed by atoms with E-state index in [-0.39, 0.29) is 0 Å². The first-order valence-corrected chi connectivity index (χ1v) is 6.38. The molecule has 0 aromatic carbocycles. The third-order valence-electron chi connectivity index (χ3n) is 3.37. The highest BCUT2D eigenvalue weighted by Crippen LogP contribution is 2.28. The first-order valence-electron chi connectivity index (χ1n) is 6.38. The molecule has 2 atom stereocenters. The zero-order valence-electron chi connectivity index (χ0n) is 10.4. The van der Waals surface area contributed by atoms with E-state index in [2.05, 4.69) is 16.9 Å². The maximum Gasteiger partial charge on any atom is 0.141 e. The minimum absolute atomic E-state index is 0.454. The quantitative estimate of drug-likeness (QED) is 0.870. The van der Waals surface area contributed by atoms with Crippen LogP contribution in [-0.4, -0.2) is 16.6 Å². The third kappa shape index (κ3) is 3.97. The molecule has 0 bridgehead atoms. The first kappa shape index (κ1) is 12.3. The second kappa shape index (κ2) is 5.96. The van der Waals surface area contributed by atoms with Gasteiger partial charge in [-0.05, 0) is 24.7 Å². The lowest BCUT2D eigenvalue weighted by molar-refractivity contribution is 0.0639. The smallest absolute Gasteiger partial charge is 0.141 e. The van der Waals surface area contributed by atoms with Gasteiger partial charge in [0.15, 0.2) is 0 Å². The van der Waals surface area contributed by atoms with Crippen molar-refractivity contribution in [2.45, 2.75) is 39.2 Å². The second-order valence-corrected chi connectivity index (χ2v) is 5.09. The molecule has 1 aromatic heterocycles. The molecule has 2 N–H and O–H groups in total. The molecule has 1 saturated carbocycles. The Morgan fingerprint density at radius 1 is 1.35 bits per heavy atom. The van der Waals surface area contributed by atoms with Crippen molar-refractivity contribution in [1.29, 1.82) is 0 Å². The summed E-state index contributed by atoms with van der Waals surface area (Å²) in [6.07, 6.45) is 8.57. The van der Waals surface area contributed by atoms with Gasteiger partial charge in [-0.3, -0.25) is 4.98 Å². The van der Waals surface area contributed by atoms with Crippen LogP contribution >= 0.6 is 0 Å². The highest BCUT2D eigenvalue weighted by molar-refractivity contribution is 5.22. The van der Waals surface area contributed by atoms with Gasteiger partial charge in [0.25, 0.3) is 0 Å². The van der Waals surface area contributed by atoms with E-state index < -0.39 is 0 Å². The molecule has 0 saturated heterocycles. The topological polar surface area (TPSA) is 61.0 Å². The van der Waals surface area contributed by atoms with E-state index >= 15 is 0 Å². The molecule has 1 fully saturated rings. The number of nitrogens with zero attached hydrogens (tertiary/aromatic N) is 2. The minimum atomic E-state index is 0.454. The van der Waals surface area contributed by atoms with Crippen LogP contribution in [0.15, 0.2) is 12.4 Å². The fourth-order valence-corrected chi connectivity index (χ4v) is 2.48. The van der Waals surface area contributed by atoms with Gasteiger partial charge >= 0.3 is 0 Å². The molecule has 2 rings (SSSR count). The standard InChI is InChI=1S/C13H21N3O/c1-10-3-2-4-11(5-10)8-17-9-12-6-16-13(14)7-15-12/h6-7,10-11H,2-5,8-9H2,1H3,(H2,14,16). The molecule has 1 aromatic rings. The molecule has 1 heterocycles. The Morgan fingerprint density at radius 2 is 2.24 bits per heavy atom. The van der Waals surface area contributed by atoms with Gasteiger partial charge in [0.2, 0.25) is 0 Å². The summed E-state index contributed by atoms with van der Waals surface area (Å²) in [6.45, 7) is 3.71. The number of anilines is 1. The van der Waals surface area contributed by atoms with E-state index in [0.29, 0.717) is 12.4 Å². The Labute approximate surface area is 103 Å². The van der Waals surface area contributed by atoms with Crippen molar-refractivity contribution < 1.29 is 4.74 Å². The van der Waals surface area contributed by atoms with Gasteiger partial charge in [-0.15, -0.1) is 0 Å². The summed E-state index contributed by atoms with van der Waals surface area (Å²) in [7, 11) is 0. The second-order valence-electron chi connectivity index (χ2n) is 5.09. The number of aromatic nitrogens is 2. The van der Waals surface area contributed by atoms with Gasteiger partial charge in [-0.1, -0.05) is 19.8 Å². The van der Waals surface area contributed by atoms with Crippen LogP contribution in [0.2, 0.25) is 0 Å². The zero-order chi connectivity index (χ0) is 12.1. The lowest BCUT2D eigenvalue weighted by Gasteiger charge is -2.26. The number of ether oxygens (including phenoxy) is 1. The molecular weight excluding hydrogens is 214 g/mol. The summed E-state index contributed by atoms with van der Waals surface area (Å²) in [6, 6.07) is 0.